The third-order valence-electron chi connectivity index (χ3n) is 2.03. The molecular formula is C10H12N2O. The summed E-state index contributed by atoms with van der Waals surface area (Å²) in [5.41, 5.74) is 1.31. The van der Waals surface area contributed by atoms with Crippen molar-refractivity contribution in [1.82, 2.24) is 4.57 Å². The number of nitrogens with zero attached hydrogens (tertiary/aromatic N) is 2. The van der Waals surface area contributed by atoms with Gasteiger partial charge in [-0.2, -0.15) is 5.26 Å². The summed E-state index contributed by atoms with van der Waals surface area (Å²) in [6, 6.07) is 5.09. The Morgan fingerprint density at radius 1 is 1.46 bits per heavy atom. The molecule has 1 heterocycles. The average Bonchev–Trinajstić information content (AvgIpc) is 2.08. The van der Waals surface area contributed by atoms with Crippen molar-refractivity contribution in [2.75, 3.05) is 0 Å². The van der Waals surface area contributed by atoms with Crippen LogP contribution in [0.2, 0.25) is 0 Å². The fraction of sp³-hybridized carbons (Fsp3) is 0.400. The van der Waals surface area contributed by atoms with Crippen LogP contribution < -0.4 is 5.56 Å². The van der Waals surface area contributed by atoms with Crippen molar-refractivity contribution in [2.45, 2.75) is 19.8 Å². The topological polar surface area (TPSA) is 45.8 Å². The van der Waals surface area contributed by atoms with Crippen molar-refractivity contribution in [2.24, 2.45) is 7.05 Å². The Labute approximate surface area is 77.2 Å². The minimum Gasteiger partial charge on any atom is -0.314 e. The van der Waals surface area contributed by atoms with Crippen molar-refractivity contribution in [3.63, 3.8) is 0 Å². The molecular weight excluding hydrogens is 164 g/mol. The second-order valence-corrected chi connectivity index (χ2v) is 3.30. The van der Waals surface area contributed by atoms with E-state index in [9.17, 15) is 4.79 Å². The molecule has 3 heteroatoms. The smallest absolute Gasteiger partial charge is 0.250 e. The van der Waals surface area contributed by atoms with Gasteiger partial charge in [-0.3, -0.25) is 4.79 Å². The fourth-order valence-corrected chi connectivity index (χ4v) is 1.44. The van der Waals surface area contributed by atoms with E-state index < -0.39 is 0 Å². The van der Waals surface area contributed by atoms with E-state index in [1.807, 2.05) is 13.8 Å². The Morgan fingerprint density at radius 3 is 2.54 bits per heavy atom. The molecule has 0 atom stereocenters. The maximum atomic E-state index is 11.3. The first-order valence-electron chi connectivity index (χ1n) is 4.18. The molecule has 1 aromatic rings. The molecule has 13 heavy (non-hydrogen) atoms. The normalized spacial score (nSPS) is 10.1. The molecule has 0 saturated heterocycles. The molecule has 0 spiro atoms. The van der Waals surface area contributed by atoms with E-state index in [1.54, 1.807) is 13.1 Å². The SMILES string of the molecule is CC(C)c1c(C#N)ccc(=O)n1C. The highest BCUT2D eigenvalue weighted by Crippen LogP contribution is 2.15. The van der Waals surface area contributed by atoms with E-state index in [-0.39, 0.29) is 11.5 Å². The Morgan fingerprint density at radius 2 is 2.08 bits per heavy atom. The van der Waals surface area contributed by atoms with E-state index in [2.05, 4.69) is 6.07 Å². The van der Waals surface area contributed by atoms with Gasteiger partial charge in [0, 0.05) is 18.8 Å². The molecule has 0 aliphatic carbocycles. The Hall–Kier alpha value is -1.56. The maximum Gasteiger partial charge on any atom is 0.250 e. The minimum absolute atomic E-state index is 0.0669. The van der Waals surface area contributed by atoms with Crippen LogP contribution in [-0.2, 0) is 7.05 Å². The van der Waals surface area contributed by atoms with Gasteiger partial charge in [0.25, 0.3) is 5.56 Å². The summed E-state index contributed by atoms with van der Waals surface area (Å²) in [6.07, 6.45) is 0. The zero-order valence-corrected chi connectivity index (χ0v) is 8.03. The van der Waals surface area contributed by atoms with Crippen molar-refractivity contribution in [3.8, 4) is 6.07 Å². The van der Waals surface area contributed by atoms with Gasteiger partial charge in [-0.05, 0) is 12.0 Å². The molecule has 0 bridgehead atoms. The Balaban J connectivity index is 3.53. The molecule has 0 aliphatic rings. The van der Waals surface area contributed by atoms with Gasteiger partial charge >= 0.3 is 0 Å². The van der Waals surface area contributed by atoms with Crippen molar-refractivity contribution in [3.05, 3.63) is 33.7 Å². The lowest BCUT2D eigenvalue weighted by molar-refractivity contribution is 0.703. The van der Waals surface area contributed by atoms with E-state index >= 15 is 0 Å². The van der Waals surface area contributed by atoms with Gasteiger partial charge in [0.1, 0.15) is 6.07 Å². The van der Waals surface area contributed by atoms with Crippen molar-refractivity contribution in [1.29, 1.82) is 5.26 Å². The second kappa shape index (κ2) is 3.44. The van der Waals surface area contributed by atoms with Crippen LogP contribution in [0.15, 0.2) is 16.9 Å². The number of aromatic nitrogens is 1. The molecule has 0 aliphatic heterocycles. The highest BCUT2D eigenvalue weighted by Gasteiger charge is 2.09. The van der Waals surface area contributed by atoms with E-state index in [1.165, 1.54) is 10.6 Å². The predicted molar refractivity (Wildman–Crippen MR) is 50.5 cm³/mol. The van der Waals surface area contributed by atoms with Gasteiger partial charge in [-0.1, -0.05) is 13.8 Å². The first-order valence-corrected chi connectivity index (χ1v) is 4.18. The number of hydrogen-bond acceptors (Lipinski definition) is 2. The number of hydrogen-bond donors (Lipinski definition) is 0. The van der Waals surface area contributed by atoms with E-state index in [4.69, 9.17) is 5.26 Å². The first kappa shape index (κ1) is 9.53. The number of pyridine rings is 1. The third-order valence-corrected chi connectivity index (χ3v) is 2.03. The lowest BCUT2D eigenvalue weighted by Crippen LogP contribution is -2.21. The van der Waals surface area contributed by atoms with Crippen LogP contribution in [0, 0.1) is 11.3 Å². The molecule has 1 aromatic heterocycles. The molecule has 0 fully saturated rings. The maximum absolute atomic E-state index is 11.3. The lowest BCUT2D eigenvalue weighted by atomic mass is 10.0. The third kappa shape index (κ3) is 1.62. The Bertz CT molecular complexity index is 410. The summed E-state index contributed by atoms with van der Waals surface area (Å²) in [7, 11) is 1.69. The molecule has 68 valence electrons. The van der Waals surface area contributed by atoms with Gasteiger partial charge < -0.3 is 4.57 Å². The van der Waals surface area contributed by atoms with Gasteiger partial charge in [0.05, 0.1) is 5.56 Å². The van der Waals surface area contributed by atoms with Crippen molar-refractivity contribution >= 4 is 0 Å². The monoisotopic (exact) mass is 176 g/mol. The van der Waals surface area contributed by atoms with Crippen molar-refractivity contribution < 1.29 is 0 Å². The summed E-state index contributed by atoms with van der Waals surface area (Å²) in [5, 5.41) is 8.82. The molecule has 0 amide bonds. The molecule has 0 radical (unpaired) electrons. The van der Waals surface area contributed by atoms with Gasteiger partial charge in [0.15, 0.2) is 0 Å². The molecule has 0 saturated carbocycles. The molecule has 3 nitrogen and oxygen atoms in total. The van der Waals surface area contributed by atoms with Crippen LogP contribution in [0.3, 0.4) is 0 Å². The molecule has 0 N–H and O–H groups in total. The van der Waals surface area contributed by atoms with E-state index in [0.29, 0.717) is 5.56 Å². The zero-order chi connectivity index (χ0) is 10.0. The van der Waals surface area contributed by atoms with Gasteiger partial charge in [-0.15, -0.1) is 0 Å². The standard InChI is InChI=1S/C10H12N2O/c1-7(2)10-8(6-11)4-5-9(13)12(10)3/h4-5,7H,1-3H3. The molecule has 0 aromatic carbocycles. The first-order chi connectivity index (χ1) is 6.07. The lowest BCUT2D eigenvalue weighted by Gasteiger charge is -2.12. The van der Waals surface area contributed by atoms with Crippen LogP contribution in [0.4, 0.5) is 0 Å². The quantitative estimate of drug-likeness (QED) is 0.649. The van der Waals surface area contributed by atoms with E-state index in [0.717, 1.165) is 5.69 Å². The summed E-state index contributed by atoms with van der Waals surface area (Å²) in [4.78, 5) is 11.3. The zero-order valence-electron chi connectivity index (χ0n) is 8.03. The number of nitriles is 1. The minimum atomic E-state index is -0.0669. The molecule has 1 rings (SSSR count). The average molecular weight is 176 g/mol. The van der Waals surface area contributed by atoms with Crippen LogP contribution in [-0.4, -0.2) is 4.57 Å². The fourth-order valence-electron chi connectivity index (χ4n) is 1.44. The summed E-state index contributed by atoms with van der Waals surface area (Å²) in [5.74, 6) is 0.188. The number of rotatable bonds is 1. The highest BCUT2D eigenvalue weighted by atomic mass is 16.1. The van der Waals surface area contributed by atoms with Gasteiger partial charge in [0.2, 0.25) is 0 Å². The largest absolute Gasteiger partial charge is 0.314 e. The molecule has 0 unspecified atom stereocenters. The van der Waals surface area contributed by atoms with Crippen LogP contribution in [0.25, 0.3) is 0 Å². The highest BCUT2D eigenvalue weighted by molar-refractivity contribution is 5.35. The van der Waals surface area contributed by atoms with Crippen LogP contribution in [0.5, 0.6) is 0 Å². The summed E-state index contributed by atoms with van der Waals surface area (Å²) in [6.45, 7) is 3.94. The summed E-state index contributed by atoms with van der Waals surface area (Å²) >= 11 is 0. The second-order valence-electron chi connectivity index (χ2n) is 3.30. The van der Waals surface area contributed by atoms with Crippen LogP contribution in [0.1, 0.15) is 31.0 Å². The van der Waals surface area contributed by atoms with Crippen LogP contribution >= 0.6 is 0 Å². The van der Waals surface area contributed by atoms with Gasteiger partial charge in [-0.25, -0.2) is 0 Å². The Kier molecular flexibility index (Phi) is 2.52. The summed E-state index contributed by atoms with van der Waals surface area (Å²) < 4.78 is 1.53. The predicted octanol–water partition coefficient (Wildman–Crippen LogP) is 1.38.